The molecule has 2 saturated heterocycles. The van der Waals surface area contributed by atoms with Crippen molar-refractivity contribution in [1.29, 1.82) is 0 Å². The summed E-state index contributed by atoms with van der Waals surface area (Å²) in [4.78, 5) is 28.2. The summed E-state index contributed by atoms with van der Waals surface area (Å²) in [6.07, 6.45) is 0.336. The fourth-order valence-electron chi connectivity index (χ4n) is 6.50. The molecule has 2 amide bonds. The van der Waals surface area contributed by atoms with Gasteiger partial charge in [0.1, 0.15) is 5.60 Å². The zero-order chi connectivity index (χ0) is 30.2. The first-order valence-corrected chi connectivity index (χ1v) is 14.9. The van der Waals surface area contributed by atoms with E-state index in [2.05, 4.69) is 16.0 Å². The number of benzene rings is 2. The van der Waals surface area contributed by atoms with E-state index < -0.39 is 29.4 Å². The van der Waals surface area contributed by atoms with Gasteiger partial charge in [-0.15, -0.1) is 0 Å². The summed E-state index contributed by atoms with van der Waals surface area (Å²) in [5.74, 6) is -0.919. The molecule has 5 rings (SSSR count). The molecule has 2 aromatic rings. The highest BCUT2D eigenvalue weighted by Crippen LogP contribution is 2.40. The van der Waals surface area contributed by atoms with Crippen LogP contribution in [-0.4, -0.2) is 47.7 Å². The van der Waals surface area contributed by atoms with Crippen LogP contribution in [-0.2, 0) is 15.7 Å². The first-order chi connectivity index (χ1) is 19.8. The smallest absolute Gasteiger partial charge is 0.416 e. The third-order valence-corrected chi connectivity index (χ3v) is 8.59. The van der Waals surface area contributed by atoms with Gasteiger partial charge in [-0.2, -0.15) is 13.2 Å². The van der Waals surface area contributed by atoms with E-state index in [0.717, 1.165) is 30.2 Å². The lowest BCUT2D eigenvalue weighted by Crippen LogP contribution is -2.50. The van der Waals surface area contributed by atoms with Crippen molar-refractivity contribution < 1.29 is 27.5 Å². The van der Waals surface area contributed by atoms with E-state index in [1.54, 1.807) is 4.90 Å². The average molecular weight is 587 g/mol. The molecule has 1 saturated carbocycles. The summed E-state index contributed by atoms with van der Waals surface area (Å²) in [6, 6.07) is 12.0. The number of halogens is 3. The van der Waals surface area contributed by atoms with Crippen molar-refractivity contribution in [2.75, 3.05) is 23.7 Å². The summed E-state index contributed by atoms with van der Waals surface area (Å²) >= 11 is 0. The molecule has 2 heterocycles. The Hall–Kier alpha value is -3.27. The summed E-state index contributed by atoms with van der Waals surface area (Å²) in [5, 5.41) is 9.97. The Kier molecular flexibility index (Phi) is 8.47. The monoisotopic (exact) mass is 586 g/mol. The molecule has 3 aliphatic rings. The standard InChI is InChI=1S/C32H41F3N4O3/c1-19-9-12-24(16-26(19)32(33,34)35)37-29(40)25-15-21-17-39(30(41)42-31(2,3)4)18-27(21)38-28(25)20-10-13-23(14-11-20)36-22-7-5-6-8-22/h9-14,16,21-22,25,27-28,36,38H,5-8,15,17-18H2,1-4H3,(H,37,40)/t21?,25-,27?,28-/m0/s1. The van der Waals surface area contributed by atoms with Crippen LogP contribution in [0.5, 0.6) is 0 Å². The third kappa shape index (κ3) is 7.02. The number of carbonyl (C=O) groups is 2. The number of alkyl halides is 3. The van der Waals surface area contributed by atoms with Crippen LogP contribution in [0.4, 0.5) is 29.3 Å². The summed E-state index contributed by atoms with van der Waals surface area (Å²) < 4.78 is 46.2. The molecular formula is C32H41F3N4O3. The maximum Gasteiger partial charge on any atom is 0.416 e. The van der Waals surface area contributed by atoms with E-state index >= 15 is 0 Å². The van der Waals surface area contributed by atoms with Crippen LogP contribution < -0.4 is 16.0 Å². The van der Waals surface area contributed by atoms with E-state index in [4.69, 9.17) is 4.74 Å². The molecule has 2 aromatic carbocycles. The number of rotatable bonds is 5. The predicted molar refractivity (Wildman–Crippen MR) is 156 cm³/mol. The molecule has 0 radical (unpaired) electrons. The molecule has 0 aromatic heterocycles. The second kappa shape index (κ2) is 11.8. The largest absolute Gasteiger partial charge is 0.444 e. The number of likely N-dealkylation sites (tertiary alicyclic amines) is 1. The zero-order valence-corrected chi connectivity index (χ0v) is 24.7. The molecule has 10 heteroatoms. The lowest BCUT2D eigenvalue weighted by Gasteiger charge is -2.38. The molecule has 2 aliphatic heterocycles. The lowest BCUT2D eigenvalue weighted by molar-refractivity contribution is -0.138. The number of hydrogen-bond donors (Lipinski definition) is 3. The lowest BCUT2D eigenvalue weighted by atomic mass is 9.78. The molecular weight excluding hydrogens is 545 g/mol. The molecule has 1 aliphatic carbocycles. The van der Waals surface area contributed by atoms with Gasteiger partial charge in [-0.1, -0.05) is 31.0 Å². The molecule has 3 N–H and O–H groups in total. The van der Waals surface area contributed by atoms with E-state index in [0.29, 0.717) is 25.6 Å². The highest BCUT2D eigenvalue weighted by Gasteiger charge is 2.46. The van der Waals surface area contributed by atoms with Gasteiger partial charge in [-0.3, -0.25) is 4.79 Å². The Labute approximate surface area is 245 Å². The van der Waals surface area contributed by atoms with Gasteiger partial charge in [-0.25, -0.2) is 4.79 Å². The Balaban J connectivity index is 1.37. The topological polar surface area (TPSA) is 82.7 Å². The van der Waals surface area contributed by atoms with E-state index in [9.17, 15) is 22.8 Å². The molecule has 42 heavy (non-hydrogen) atoms. The van der Waals surface area contributed by atoms with Crippen molar-refractivity contribution >= 4 is 23.4 Å². The van der Waals surface area contributed by atoms with Gasteiger partial charge in [0.25, 0.3) is 0 Å². The van der Waals surface area contributed by atoms with E-state index in [-0.39, 0.29) is 35.2 Å². The summed E-state index contributed by atoms with van der Waals surface area (Å²) in [5.41, 5.74) is 0.753. The number of ether oxygens (including phenoxy) is 1. The second-order valence-corrected chi connectivity index (χ2v) is 13.0. The Morgan fingerprint density at radius 3 is 2.29 bits per heavy atom. The SMILES string of the molecule is Cc1ccc(NC(=O)[C@H]2CC3CN(C(=O)OC(C)(C)C)CC3N[C@H]2c2ccc(NC3CCCC3)cc2)cc1C(F)(F)F. The molecule has 7 nitrogen and oxygen atoms in total. The molecule has 4 atom stereocenters. The van der Waals surface area contributed by atoms with Crippen molar-refractivity contribution in [3.63, 3.8) is 0 Å². The van der Waals surface area contributed by atoms with Crippen molar-refractivity contribution in [1.82, 2.24) is 10.2 Å². The Bertz CT molecular complexity index is 1290. The van der Waals surface area contributed by atoms with Crippen LogP contribution in [0.1, 0.15) is 75.6 Å². The van der Waals surface area contributed by atoms with Gasteiger partial charge in [-0.05, 0) is 88.3 Å². The Morgan fingerprint density at radius 2 is 1.64 bits per heavy atom. The van der Waals surface area contributed by atoms with Crippen molar-refractivity contribution in [2.45, 2.75) is 89.7 Å². The highest BCUT2D eigenvalue weighted by atomic mass is 19.4. The molecule has 228 valence electrons. The van der Waals surface area contributed by atoms with Gasteiger partial charge in [0, 0.05) is 42.6 Å². The predicted octanol–water partition coefficient (Wildman–Crippen LogP) is 6.89. The average Bonchev–Trinajstić information content (AvgIpc) is 3.57. The molecule has 0 spiro atoms. The minimum absolute atomic E-state index is 0.00317. The number of nitrogens with one attached hydrogen (secondary N) is 3. The first kappa shape index (κ1) is 30.2. The maximum atomic E-state index is 13.7. The summed E-state index contributed by atoms with van der Waals surface area (Å²) in [6.45, 7) is 7.77. The second-order valence-electron chi connectivity index (χ2n) is 13.0. The minimum atomic E-state index is -4.52. The Morgan fingerprint density at radius 1 is 0.976 bits per heavy atom. The number of aryl methyl sites for hydroxylation is 1. The van der Waals surface area contributed by atoms with Gasteiger partial charge in [0.15, 0.2) is 0 Å². The van der Waals surface area contributed by atoms with Gasteiger partial charge >= 0.3 is 12.3 Å². The van der Waals surface area contributed by atoms with E-state index in [1.807, 2.05) is 45.0 Å². The van der Waals surface area contributed by atoms with Crippen LogP contribution in [0.15, 0.2) is 42.5 Å². The molecule has 2 unspecified atom stereocenters. The van der Waals surface area contributed by atoms with Crippen LogP contribution >= 0.6 is 0 Å². The number of nitrogens with zero attached hydrogens (tertiary/aromatic N) is 1. The number of piperidine rings is 1. The quantitative estimate of drug-likeness (QED) is 0.355. The van der Waals surface area contributed by atoms with Crippen molar-refractivity contribution in [3.05, 3.63) is 59.2 Å². The van der Waals surface area contributed by atoms with Gasteiger partial charge in [0.2, 0.25) is 5.91 Å². The number of anilines is 2. The minimum Gasteiger partial charge on any atom is -0.444 e. The number of fused-ring (bicyclic) bond motifs is 1. The normalized spacial score (nSPS) is 24.8. The number of amides is 2. The van der Waals surface area contributed by atoms with Crippen molar-refractivity contribution in [2.24, 2.45) is 11.8 Å². The molecule has 0 bridgehead atoms. The fraction of sp³-hybridized carbons (Fsp3) is 0.562. The van der Waals surface area contributed by atoms with Crippen LogP contribution in [0.2, 0.25) is 0 Å². The van der Waals surface area contributed by atoms with Crippen LogP contribution in [0.25, 0.3) is 0 Å². The van der Waals surface area contributed by atoms with Crippen LogP contribution in [0.3, 0.4) is 0 Å². The number of carbonyl (C=O) groups excluding carboxylic acids is 2. The third-order valence-electron chi connectivity index (χ3n) is 8.59. The van der Waals surface area contributed by atoms with E-state index in [1.165, 1.54) is 31.9 Å². The van der Waals surface area contributed by atoms with Gasteiger partial charge in [0.05, 0.1) is 11.5 Å². The zero-order valence-electron chi connectivity index (χ0n) is 24.7. The number of hydrogen-bond acceptors (Lipinski definition) is 5. The maximum absolute atomic E-state index is 13.7. The van der Waals surface area contributed by atoms with Gasteiger partial charge < -0.3 is 25.6 Å². The first-order valence-electron chi connectivity index (χ1n) is 14.9. The van der Waals surface area contributed by atoms with Crippen molar-refractivity contribution in [3.8, 4) is 0 Å². The fourth-order valence-corrected chi connectivity index (χ4v) is 6.50. The molecule has 3 fully saturated rings. The summed E-state index contributed by atoms with van der Waals surface area (Å²) in [7, 11) is 0. The highest BCUT2D eigenvalue weighted by molar-refractivity contribution is 5.93. The van der Waals surface area contributed by atoms with Crippen LogP contribution in [0, 0.1) is 18.8 Å².